The zero-order valence-corrected chi connectivity index (χ0v) is 9.15. The molecule has 0 fully saturated rings. The second-order valence-corrected chi connectivity index (χ2v) is 3.62. The van der Waals surface area contributed by atoms with E-state index in [1.807, 2.05) is 0 Å². The Morgan fingerprint density at radius 2 is 1.83 bits per heavy atom. The molecule has 1 aromatic heterocycles. The lowest BCUT2D eigenvalue weighted by Crippen LogP contribution is -2.31. The van der Waals surface area contributed by atoms with Crippen LogP contribution in [0.25, 0.3) is 11.0 Å². The minimum Gasteiger partial charge on any atom is -0.291 e. The number of fused-ring (bicyclic) bond motifs is 1. The first kappa shape index (κ1) is 12.3. The molecule has 2 rings (SSSR count). The summed E-state index contributed by atoms with van der Waals surface area (Å²) in [5.41, 5.74) is 0.130. The quantitative estimate of drug-likeness (QED) is 0.736. The van der Waals surface area contributed by atoms with Crippen molar-refractivity contribution < 1.29 is 22.8 Å². The molecule has 0 saturated heterocycles. The fraction of sp³-hybridized carbons (Fsp3) is 0.182. The summed E-state index contributed by atoms with van der Waals surface area (Å²) in [5, 5.41) is 0. The summed E-state index contributed by atoms with van der Waals surface area (Å²) in [6, 6.07) is 5.76. The third-order valence-electron chi connectivity index (χ3n) is 2.32. The van der Waals surface area contributed by atoms with Gasteiger partial charge in [-0.15, -0.1) is 0 Å². The van der Waals surface area contributed by atoms with Gasteiger partial charge in [-0.3, -0.25) is 14.2 Å². The van der Waals surface area contributed by atoms with E-state index in [4.69, 9.17) is 0 Å². The maximum absolute atomic E-state index is 12.5. The van der Waals surface area contributed by atoms with E-state index in [9.17, 15) is 22.8 Å². The summed E-state index contributed by atoms with van der Waals surface area (Å²) in [7, 11) is 0. The van der Waals surface area contributed by atoms with Gasteiger partial charge in [0.2, 0.25) is 0 Å². The number of Topliss-reactive ketones (excluding diaryl/α,β-unsaturated/α-hetero) is 1. The van der Waals surface area contributed by atoms with Crippen LogP contribution in [0.4, 0.5) is 13.2 Å². The van der Waals surface area contributed by atoms with Crippen LogP contribution in [0.5, 0.6) is 0 Å². The highest BCUT2D eigenvalue weighted by molar-refractivity contribution is 6.02. The molecule has 0 atom stereocenters. The molecule has 0 aliphatic rings. The van der Waals surface area contributed by atoms with Crippen molar-refractivity contribution in [3.8, 4) is 0 Å². The van der Waals surface area contributed by atoms with Gasteiger partial charge in [-0.25, -0.2) is 4.98 Å². The summed E-state index contributed by atoms with van der Waals surface area (Å²) in [6.07, 6.45) is -5.06. The zero-order chi connectivity index (χ0) is 13.5. The smallest absolute Gasteiger partial charge is 0.291 e. The normalized spacial score (nSPS) is 11.8. The maximum Gasteiger partial charge on any atom is 0.472 e. The Hall–Kier alpha value is -2.18. The van der Waals surface area contributed by atoms with Crippen LogP contribution in [-0.2, 0) is 0 Å². The Balaban J connectivity index is 2.78. The van der Waals surface area contributed by atoms with Crippen molar-refractivity contribution in [2.24, 2.45) is 0 Å². The number of aromatic nitrogens is 2. The molecule has 1 heterocycles. The molecule has 0 radical (unpaired) electrons. The summed E-state index contributed by atoms with van der Waals surface area (Å²) < 4.78 is 37.7. The molecule has 0 N–H and O–H groups in total. The number of hydrogen-bond donors (Lipinski definition) is 0. The largest absolute Gasteiger partial charge is 0.472 e. The van der Waals surface area contributed by atoms with Crippen LogP contribution >= 0.6 is 0 Å². The molecule has 0 saturated carbocycles. The first-order chi connectivity index (χ1) is 8.32. The average molecular weight is 256 g/mol. The molecule has 1 aromatic carbocycles. The minimum absolute atomic E-state index is 0.0370. The van der Waals surface area contributed by atoms with Crippen LogP contribution in [-0.4, -0.2) is 27.4 Å². The summed E-state index contributed by atoms with van der Waals surface area (Å²) in [5.74, 6) is -3.34. The highest BCUT2D eigenvalue weighted by Crippen LogP contribution is 2.23. The van der Waals surface area contributed by atoms with Crippen LogP contribution in [0.15, 0.2) is 24.3 Å². The molecule has 0 amide bonds. The van der Waals surface area contributed by atoms with Gasteiger partial charge in [0.15, 0.2) is 11.6 Å². The predicted molar refractivity (Wildman–Crippen MR) is 56.4 cm³/mol. The number of ketones is 1. The molecule has 4 nitrogen and oxygen atoms in total. The second-order valence-electron chi connectivity index (χ2n) is 3.62. The Bertz CT molecular complexity index is 643. The molecule has 94 valence electrons. The van der Waals surface area contributed by atoms with Crippen molar-refractivity contribution >= 4 is 22.7 Å². The minimum atomic E-state index is -5.06. The van der Waals surface area contributed by atoms with E-state index in [1.165, 1.54) is 18.2 Å². The Morgan fingerprint density at radius 1 is 1.22 bits per heavy atom. The average Bonchev–Trinajstić information content (AvgIpc) is 2.65. The number of rotatable bonds is 1. The molecule has 7 heteroatoms. The number of carbonyl (C=O) groups excluding carboxylic acids is 2. The van der Waals surface area contributed by atoms with Gasteiger partial charge in [0.05, 0.1) is 11.0 Å². The summed E-state index contributed by atoms with van der Waals surface area (Å²) in [4.78, 5) is 26.3. The number of para-hydroxylation sites is 2. The number of imidazole rings is 1. The third kappa shape index (κ3) is 1.87. The molecular formula is C11H7F3N2O2. The fourth-order valence-electron chi connectivity index (χ4n) is 1.59. The number of nitrogens with zero attached hydrogens (tertiary/aromatic N) is 2. The molecule has 0 bridgehead atoms. The number of hydrogen-bond acceptors (Lipinski definition) is 3. The molecule has 0 aliphatic heterocycles. The van der Waals surface area contributed by atoms with E-state index in [2.05, 4.69) is 4.98 Å². The van der Waals surface area contributed by atoms with Crippen LogP contribution in [0.1, 0.15) is 22.3 Å². The molecular weight excluding hydrogens is 249 g/mol. The lowest BCUT2D eigenvalue weighted by Gasteiger charge is -2.08. The summed E-state index contributed by atoms with van der Waals surface area (Å²) in [6.45, 7) is 1.06. The van der Waals surface area contributed by atoms with E-state index in [1.54, 1.807) is 6.07 Å². The maximum atomic E-state index is 12.5. The van der Waals surface area contributed by atoms with E-state index in [0.29, 0.717) is 4.57 Å². The number of halogens is 3. The van der Waals surface area contributed by atoms with Gasteiger partial charge in [-0.05, 0) is 12.1 Å². The van der Waals surface area contributed by atoms with Crippen molar-refractivity contribution in [3.05, 3.63) is 30.1 Å². The van der Waals surface area contributed by atoms with Gasteiger partial charge in [0, 0.05) is 6.92 Å². The Morgan fingerprint density at radius 3 is 2.39 bits per heavy atom. The van der Waals surface area contributed by atoms with Crippen molar-refractivity contribution in [3.63, 3.8) is 0 Å². The van der Waals surface area contributed by atoms with E-state index >= 15 is 0 Å². The van der Waals surface area contributed by atoms with Gasteiger partial charge >= 0.3 is 12.1 Å². The van der Waals surface area contributed by atoms with Crippen molar-refractivity contribution in [1.82, 2.24) is 9.55 Å². The first-order valence-corrected chi connectivity index (χ1v) is 4.92. The van der Waals surface area contributed by atoms with Crippen molar-refractivity contribution in [2.45, 2.75) is 13.1 Å². The van der Waals surface area contributed by atoms with Gasteiger partial charge in [-0.1, -0.05) is 12.1 Å². The van der Waals surface area contributed by atoms with Crippen LogP contribution in [0.2, 0.25) is 0 Å². The van der Waals surface area contributed by atoms with E-state index < -0.39 is 23.7 Å². The molecule has 2 aromatic rings. The SMILES string of the molecule is CC(=O)c1nc2ccccc2n1C(=O)C(F)(F)F. The van der Waals surface area contributed by atoms with E-state index in [0.717, 1.165) is 6.92 Å². The third-order valence-corrected chi connectivity index (χ3v) is 2.32. The first-order valence-electron chi connectivity index (χ1n) is 4.92. The van der Waals surface area contributed by atoms with Gasteiger partial charge < -0.3 is 0 Å². The van der Waals surface area contributed by atoms with Gasteiger partial charge in [0.1, 0.15) is 0 Å². The van der Waals surface area contributed by atoms with Crippen LogP contribution in [0.3, 0.4) is 0 Å². The number of benzene rings is 1. The number of carbonyl (C=O) groups is 2. The highest BCUT2D eigenvalue weighted by Gasteiger charge is 2.42. The topological polar surface area (TPSA) is 52.0 Å². The molecule has 0 aliphatic carbocycles. The van der Waals surface area contributed by atoms with Gasteiger partial charge in [0.25, 0.3) is 0 Å². The Labute approximate surface area is 99.0 Å². The van der Waals surface area contributed by atoms with Crippen LogP contribution < -0.4 is 0 Å². The lowest BCUT2D eigenvalue weighted by atomic mass is 10.3. The zero-order valence-electron chi connectivity index (χ0n) is 9.15. The fourth-order valence-corrected chi connectivity index (χ4v) is 1.59. The highest BCUT2D eigenvalue weighted by atomic mass is 19.4. The molecule has 18 heavy (non-hydrogen) atoms. The summed E-state index contributed by atoms with van der Waals surface area (Å²) >= 11 is 0. The molecule has 0 spiro atoms. The monoisotopic (exact) mass is 256 g/mol. The lowest BCUT2D eigenvalue weighted by molar-refractivity contribution is -0.0944. The predicted octanol–water partition coefficient (Wildman–Crippen LogP) is 2.44. The molecule has 0 unspecified atom stereocenters. The van der Waals surface area contributed by atoms with Crippen molar-refractivity contribution in [1.29, 1.82) is 0 Å². The van der Waals surface area contributed by atoms with Crippen molar-refractivity contribution in [2.75, 3.05) is 0 Å². The Kier molecular flexibility index (Phi) is 2.68. The van der Waals surface area contributed by atoms with Crippen LogP contribution in [0, 0.1) is 0 Å². The second kappa shape index (κ2) is 3.94. The van der Waals surface area contributed by atoms with E-state index in [-0.39, 0.29) is 11.0 Å². The van der Waals surface area contributed by atoms with Gasteiger partial charge in [-0.2, -0.15) is 13.2 Å². The number of alkyl halides is 3. The standard InChI is InChI=1S/C11H7F3N2O2/c1-6(17)9-15-7-4-2-3-5-8(7)16(9)10(18)11(12,13)14/h2-5H,1H3.